The van der Waals surface area contributed by atoms with Crippen LogP contribution in [0.1, 0.15) is 25.7 Å². The van der Waals surface area contributed by atoms with Gasteiger partial charge in [-0.1, -0.05) is 0 Å². The zero-order valence-electron chi connectivity index (χ0n) is 15.2. The Labute approximate surface area is 158 Å². The van der Waals surface area contributed by atoms with Crippen LogP contribution in [0.4, 0.5) is 11.9 Å². The fraction of sp³-hybridized carbons (Fsp3) is 0.400. The van der Waals surface area contributed by atoms with E-state index in [4.69, 9.17) is 14.4 Å². The summed E-state index contributed by atoms with van der Waals surface area (Å²) >= 11 is 0. The van der Waals surface area contributed by atoms with E-state index in [2.05, 4.69) is 19.8 Å². The second kappa shape index (κ2) is 6.98. The van der Waals surface area contributed by atoms with Crippen molar-refractivity contribution >= 4 is 11.9 Å². The van der Waals surface area contributed by atoms with Gasteiger partial charge >= 0.3 is 0 Å². The molecule has 27 heavy (non-hydrogen) atoms. The van der Waals surface area contributed by atoms with E-state index in [0.717, 1.165) is 60.8 Å². The molecule has 0 spiro atoms. The third-order valence-corrected chi connectivity index (χ3v) is 5.23. The molecule has 2 fully saturated rings. The molecule has 0 unspecified atom stereocenters. The summed E-state index contributed by atoms with van der Waals surface area (Å²) in [4.78, 5) is 23.2. The number of anilines is 2. The Morgan fingerprint density at radius 1 is 0.815 bits per heavy atom. The molecule has 5 rings (SSSR count). The first-order chi connectivity index (χ1) is 13.4. The smallest absolute Gasteiger partial charge is 0.226 e. The minimum absolute atomic E-state index is 0.731. The van der Waals surface area contributed by atoms with Gasteiger partial charge in [0.05, 0.1) is 12.0 Å². The Kier molecular flexibility index (Phi) is 4.20. The van der Waals surface area contributed by atoms with Gasteiger partial charge < -0.3 is 14.2 Å². The van der Waals surface area contributed by atoms with Gasteiger partial charge in [-0.3, -0.25) is 0 Å². The molecule has 2 saturated heterocycles. The number of furan rings is 1. The lowest BCUT2D eigenvalue weighted by molar-refractivity contribution is 0.580. The lowest BCUT2D eigenvalue weighted by Gasteiger charge is -2.18. The fourth-order valence-electron chi connectivity index (χ4n) is 3.80. The highest BCUT2D eigenvalue weighted by molar-refractivity contribution is 5.77. The van der Waals surface area contributed by atoms with Gasteiger partial charge in [-0.15, -0.1) is 0 Å². The summed E-state index contributed by atoms with van der Waals surface area (Å²) in [6, 6.07) is 5.73. The molecule has 0 saturated carbocycles. The van der Waals surface area contributed by atoms with Crippen molar-refractivity contribution in [2.45, 2.75) is 25.7 Å². The molecular formula is C20H22N6O. The van der Waals surface area contributed by atoms with E-state index in [1.54, 1.807) is 6.26 Å². The molecule has 7 heteroatoms. The van der Waals surface area contributed by atoms with Crippen molar-refractivity contribution in [1.29, 1.82) is 0 Å². The van der Waals surface area contributed by atoms with E-state index in [0.29, 0.717) is 0 Å². The molecule has 5 heterocycles. The van der Waals surface area contributed by atoms with Gasteiger partial charge in [0.15, 0.2) is 5.76 Å². The molecule has 0 atom stereocenters. The molecule has 0 bridgehead atoms. The van der Waals surface area contributed by atoms with Gasteiger partial charge in [-0.2, -0.15) is 0 Å². The van der Waals surface area contributed by atoms with Crippen LogP contribution in [0.2, 0.25) is 0 Å². The molecule has 2 aliphatic rings. The number of nitrogens with zero attached hydrogens (tertiary/aromatic N) is 6. The monoisotopic (exact) mass is 362 g/mol. The van der Waals surface area contributed by atoms with Crippen molar-refractivity contribution in [3.63, 3.8) is 0 Å². The summed E-state index contributed by atoms with van der Waals surface area (Å²) in [6.45, 7) is 4.03. The highest BCUT2D eigenvalue weighted by atomic mass is 16.3. The van der Waals surface area contributed by atoms with Crippen LogP contribution >= 0.6 is 0 Å². The standard InChI is InChI=1S/C20H22N6O/c1-2-10-25(9-1)19-21-8-7-16(23-19)15-14-22-20(26-11-3-4-12-26)24-18(15)17-6-5-13-27-17/h5-8,13-14H,1-4,9-12H2. The highest BCUT2D eigenvalue weighted by Crippen LogP contribution is 2.32. The largest absolute Gasteiger partial charge is 0.463 e. The third kappa shape index (κ3) is 3.13. The summed E-state index contributed by atoms with van der Waals surface area (Å²) in [5.41, 5.74) is 2.48. The first kappa shape index (κ1) is 16.2. The summed E-state index contributed by atoms with van der Waals surface area (Å²) in [7, 11) is 0. The molecule has 0 radical (unpaired) electrons. The lowest BCUT2D eigenvalue weighted by atomic mass is 10.1. The number of aromatic nitrogens is 4. The molecule has 2 aliphatic heterocycles. The van der Waals surface area contributed by atoms with E-state index >= 15 is 0 Å². The van der Waals surface area contributed by atoms with Crippen LogP contribution in [0.25, 0.3) is 22.7 Å². The Hall–Kier alpha value is -2.96. The highest BCUT2D eigenvalue weighted by Gasteiger charge is 2.21. The molecule has 0 aromatic carbocycles. The van der Waals surface area contributed by atoms with Crippen LogP contribution < -0.4 is 9.80 Å². The lowest BCUT2D eigenvalue weighted by Crippen LogP contribution is -2.21. The maximum Gasteiger partial charge on any atom is 0.226 e. The van der Waals surface area contributed by atoms with Gasteiger partial charge in [0.1, 0.15) is 5.69 Å². The average Bonchev–Trinajstić information content (AvgIpc) is 3.51. The second-order valence-corrected chi connectivity index (χ2v) is 7.04. The molecule has 138 valence electrons. The zero-order chi connectivity index (χ0) is 18.1. The first-order valence-corrected chi connectivity index (χ1v) is 9.63. The van der Waals surface area contributed by atoms with Crippen LogP contribution in [0.3, 0.4) is 0 Å². The maximum absolute atomic E-state index is 5.67. The second-order valence-electron chi connectivity index (χ2n) is 7.04. The molecule has 0 amide bonds. The average molecular weight is 362 g/mol. The third-order valence-electron chi connectivity index (χ3n) is 5.23. The number of hydrogen-bond acceptors (Lipinski definition) is 7. The quantitative estimate of drug-likeness (QED) is 0.704. The van der Waals surface area contributed by atoms with E-state index in [-0.39, 0.29) is 0 Å². The molecular weight excluding hydrogens is 340 g/mol. The minimum Gasteiger partial charge on any atom is -0.463 e. The van der Waals surface area contributed by atoms with Gasteiger partial charge in [0.2, 0.25) is 11.9 Å². The van der Waals surface area contributed by atoms with Gasteiger partial charge in [-0.05, 0) is 43.9 Å². The first-order valence-electron chi connectivity index (χ1n) is 9.63. The fourth-order valence-corrected chi connectivity index (χ4v) is 3.80. The van der Waals surface area contributed by atoms with Crippen LogP contribution in [-0.2, 0) is 0 Å². The summed E-state index contributed by atoms with van der Waals surface area (Å²) in [5.74, 6) is 2.27. The summed E-state index contributed by atoms with van der Waals surface area (Å²) < 4.78 is 5.67. The van der Waals surface area contributed by atoms with Crippen molar-refractivity contribution in [2.24, 2.45) is 0 Å². The Bertz CT molecular complexity index is 914. The van der Waals surface area contributed by atoms with Crippen LogP contribution in [0, 0.1) is 0 Å². The predicted molar refractivity (Wildman–Crippen MR) is 104 cm³/mol. The van der Waals surface area contributed by atoms with Crippen molar-refractivity contribution in [3.8, 4) is 22.7 Å². The van der Waals surface area contributed by atoms with Crippen molar-refractivity contribution in [2.75, 3.05) is 36.0 Å². The Morgan fingerprint density at radius 2 is 1.52 bits per heavy atom. The molecule has 7 nitrogen and oxygen atoms in total. The maximum atomic E-state index is 5.67. The number of rotatable bonds is 4. The normalized spacial score (nSPS) is 17.0. The van der Waals surface area contributed by atoms with Crippen LogP contribution in [0.15, 0.2) is 41.3 Å². The van der Waals surface area contributed by atoms with E-state index in [9.17, 15) is 0 Å². The Balaban J connectivity index is 1.58. The number of hydrogen-bond donors (Lipinski definition) is 0. The SMILES string of the molecule is c1coc(-c2nc(N3CCCC3)ncc2-c2ccnc(N3CCCC3)n2)c1. The summed E-state index contributed by atoms with van der Waals surface area (Å²) in [5, 5.41) is 0. The topological polar surface area (TPSA) is 71.2 Å². The van der Waals surface area contributed by atoms with Crippen molar-refractivity contribution in [3.05, 3.63) is 36.9 Å². The Morgan fingerprint density at radius 3 is 2.19 bits per heavy atom. The van der Waals surface area contributed by atoms with Crippen molar-refractivity contribution in [1.82, 2.24) is 19.9 Å². The van der Waals surface area contributed by atoms with Crippen LogP contribution in [-0.4, -0.2) is 46.1 Å². The van der Waals surface area contributed by atoms with E-state index < -0.39 is 0 Å². The van der Waals surface area contributed by atoms with Crippen molar-refractivity contribution < 1.29 is 4.42 Å². The van der Waals surface area contributed by atoms with E-state index in [1.807, 2.05) is 30.6 Å². The van der Waals surface area contributed by atoms with Gasteiger partial charge in [-0.25, -0.2) is 19.9 Å². The molecule has 3 aromatic heterocycles. The molecule has 3 aromatic rings. The summed E-state index contributed by atoms with van der Waals surface area (Å²) in [6.07, 6.45) is 10.1. The minimum atomic E-state index is 0.731. The van der Waals surface area contributed by atoms with Gasteiger partial charge in [0.25, 0.3) is 0 Å². The predicted octanol–water partition coefficient (Wildman–Crippen LogP) is 3.39. The van der Waals surface area contributed by atoms with Crippen LogP contribution in [0.5, 0.6) is 0 Å². The van der Waals surface area contributed by atoms with Gasteiger partial charge in [0, 0.05) is 44.1 Å². The van der Waals surface area contributed by atoms with E-state index in [1.165, 1.54) is 25.7 Å². The molecule has 0 aliphatic carbocycles. The zero-order valence-corrected chi connectivity index (χ0v) is 15.2. The molecule has 0 N–H and O–H groups in total.